The first kappa shape index (κ1) is 15.3. The summed E-state index contributed by atoms with van der Waals surface area (Å²) in [6, 6.07) is 6.75. The van der Waals surface area contributed by atoms with Gasteiger partial charge in [-0.2, -0.15) is 0 Å². The molecule has 4 heteroatoms. The van der Waals surface area contributed by atoms with Crippen molar-refractivity contribution in [2.45, 2.75) is 52.3 Å². The number of nitrogens with zero attached hydrogens (tertiary/aromatic N) is 2. The van der Waals surface area contributed by atoms with E-state index in [1.165, 1.54) is 12.8 Å². The second-order valence-electron chi connectivity index (χ2n) is 5.70. The predicted octanol–water partition coefficient (Wildman–Crippen LogP) is 2.58. The lowest BCUT2D eigenvalue weighted by Gasteiger charge is -2.25. The molecule has 0 spiro atoms. The topological polar surface area (TPSA) is 37.4 Å². The van der Waals surface area contributed by atoms with E-state index in [2.05, 4.69) is 49.2 Å². The average molecular weight is 277 g/mol. The number of aromatic nitrogens is 1. The summed E-state index contributed by atoms with van der Waals surface area (Å²) in [7, 11) is 0. The Morgan fingerprint density at radius 3 is 2.95 bits per heavy atom. The number of anilines is 1. The summed E-state index contributed by atoms with van der Waals surface area (Å²) in [5, 5.41) is 3.41. The highest BCUT2D eigenvalue weighted by Gasteiger charge is 2.19. The summed E-state index contributed by atoms with van der Waals surface area (Å²) in [6.07, 6.45) is 2.73. The van der Waals surface area contributed by atoms with Crippen LogP contribution < -0.4 is 10.2 Å². The van der Waals surface area contributed by atoms with Crippen molar-refractivity contribution in [3.8, 4) is 0 Å². The Morgan fingerprint density at radius 1 is 1.45 bits per heavy atom. The zero-order valence-corrected chi connectivity index (χ0v) is 12.9. The molecule has 1 unspecified atom stereocenters. The maximum absolute atomic E-state index is 5.73. The van der Waals surface area contributed by atoms with E-state index in [0.29, 0.717) is 12.1 Å². The molecule has 1 aliphatic rings. The van der Waals surface area contributed by atoms with Gasteiger partial charge in [-0.3, -0.25) is 0 Å². The number of ether oxygens (including phenoxy) is 1. The van der Waals surface area contributed by atoms with E-state index >= 15 is 0 Å². The second-order valence-corrected chi connectivity index (χ2v) is 5.70. The van der Waals surface area contributed by atoms with Gasteiger partial charge in [-0.1, -0.05) is 19.9 Å². The molecule has 1 N–H and O–H groups in total. The van der Waals surface area contributed by atoms with Gasteiger partial charge in [0.2, 0.25) is 0 Å². The molecular weight excluding hydrogens is 250 g/mol. The lowest BCUT2D eigenvalue weighted by Crippen LogP contribution is -2.33. The molecule has 0 saturated carbocycles. The summed E-state index contributed by atoms with van der Waals surface area (Å²) < 4.78 is 5.73. The maximum Gasteiger partial charge on any atom is 0.128 e. The van der Waals surface area contributed by atoms with Crippen LogP contribution in [-0.2, 0) is 11.3 Å². The summed E-state index contributed by atoms with van der Waals surface area (Å²) in [5.74, 6) is 1.06. The molecule has 0 aromatic carbocycles. The molecule has 112 valence electrons. The molecule has 2 rings (SSSR count). The molecule has 1 aromatic heterocycles. The van der Waals surface area contributed by atoms with Gasteiger partial charge in [-0.05, 0) is 31.9 Å². The largest absolute Gasteiger partial charge is 0.376 e. The Balaban J connectivity index is 1.99. The van der Waals surface area contributed by atoms with Crippen molar-refractivity contribution in [2.24, 2.45) is 0 Å². The first-order chi connectivity index (χ1) is 9.69. The van der Waals surface area contributed by atoms with E-state index < -0.39 is 0 Å². The molecule has 4 nitrogen and oxygen atoms in total. The van der Waals surface area contributed by atoms with Crippen LogP contribution in [0.3, 0.4) is 0 Å². The minimum atomic E-state index is 0.370. The molecule has 2 heterocycles. The summed E-state index contributed by atoms with van der Waals surface area (Å²) >= 11 is 0. The third-order valence-corrected chi connectivity index (χ3v) is 3.64. The SMILES string of the molecule is CCN(CC1CCCO1)c1cccc(CNC(C)C)n1. The Hall–Kier alpha value is -1.13. The van der Waals surface area contributed by atoms with E-state index in [1.54, 1.807) is 0 Å². The van der Waals surface area contributed by atoms with Crippen molar-refractivity contribution in [3.05, 3.63) is 23.9 Å². The van der Waals surface area contributed by atoms with Gasteiger partial charge in [0.15, 0.2) is 0 Å². The van der Waals surface area contributed by atoms with Crippen molar-refractivity contribution in [1.82, 2.24) is 10.3 Å². The van der Waals surface area contributed by atoms with Crippen LogP contribution in [-0.4, -0.2) is 36.8 Å². The van der Waals surface area contributed by atoms with E-state index in [4.69, 9.17) is 9.72 Å². The number of rotatable bonds is 7. The molecule has 1 aliphatic heterocycles. The summed E-state index contributed by atoms with van der Waals surface area (Å²) in [5.41, 5.74) is 1.10. The lowest BCUT2D eigenvalue weighted by atomic mass is 10.2. The van der Waals surface area contributed by atoms with Gasteiger partial charge in [0.1, 0.15) is 5.82 Å². The standard InChI is InChI=1S/C16H27N3O/c1-4-19(12-15-8-6-10-20-15)16-9-5-7-14(18-16)11-17-13(2)3/h5,7,9,13,15,17H,4,6,8,10-12H2,1-3H3. The van der Waals surface area contributed by atoms with E-state index in [9.17, 15) is 0 Å². The third-order valence-electron chi connectivity index (χ3n) is 3.64. The van der Waals surface area contributed by atoms with E-state index in [-0.39, 0.29) is 0 Å². The molecule has 20 heavy (non-hydrogen) atoms. The first-order valence-corrected chi connectivity index (χ1v) is 7.75. The van der Waals surface area contributed by atoms with Gasteiger partial charge < -0.3 is 15.0 Å². The highest BCUT2D eigenvalue weighted by molar-refractivity contribution is 5.39. The fraction of sp³-hybridized carbons (Fsp3) is 0.688. The monoisotopic (exact) mass is 277 g/mol. The van der Waals surface area contributed by atoms with E-state index in [0.717, 1.165) is 37.8 Å². The fourth-order valence-electron chi connectivity index (χ4n) is 2.47. The molecule has 0 bridgehead atoms. The lowest BCUT2D eigenvalue weighted by molar-refractivity contribution is 0.115. The highest BCUT2D eigenvalue weighted by Crippen LogP contribution is 2.17. The van der Waals surface area contributed by atoms with Crippen LogP contribution in [0.2, 0.25) is 0 Å². The molecule has 1 fully saturated rings. The number of pyridine rings is 1. The van der Waals surface area contributed by atoms with Gasteiger partial charge in [-0.15, -0.1) is 0 Å². The van der Waals surface area contributed by atoms with Gasteiger partial charge in [0.05, 0.1) is 11.8 Å². The Bertz CT molecular complexity index is 402. The zero-order valence-electron chi connectivity index (χ0n) is 12.9. The zero-order chi connectivity index (χ0) is 14.4. The molecule has 1 saturated heterocycles. The van der Waals surface area contributed by atoms with Crippen molar-refractivity contribution in [3.63, 3.8) is 0 Å². The molecule has 0 aliphatic carbocycles. The minimum absolute atomic E-state index is 0.370. The number of hydrogen-bond acceptors (Lipinski definition) is 4. The number of likely N-dealkylation sites (N-methyl/N-ethyl adjacent to an activating group) is 1. The van der Waals surface area contributed by atoms with Crippen LogP contribution in [0.1, 0.15) is 39.3 Å². The number of hydrogen-bond donors (Lipinski definition) is 1. The minimum Gasteiger partial charge on any atom is -0.376 e. The quantitative estimate of drug-likeness (QED) is 0.831. The molecule has 1 atom stereocenters. The van der Waals surface area contributed by atoms with Crippen molar-refractivity contribution in [1.29, 1.82) is 0 Å². The summed E-state index contributed by atoms with van der Waals surface area (Å²) in [6.45, 7) is 10.1. The van der Waals surface area contributed by atoms with Crippen LogP contribution >= 0.6 is 0 Å². The van der Waals surface area contributed by atoms with Crippen LogP contribution in [0.25, 0.3) is 0 Å². The predicted molar refractivity (Wildman–Crippen MR) is 83.1 cm³/mol. The van der Waals surface area contributed by atoms with E-state index in [1.807, 2.05) is 0 Å². The van der Waals surface area contributed by atoms with Gasteiger partial charge >= 0.3 is 0 Å². The summed E-state index contributed by atoms with van der Waals surface area (Å²) in [4.78, 5) is 7.08. The maximum atomic E-state index is 5.73. The Kier molecular flexibility index (Phi) is 5.80. The van der Waals surface area contributed by atoms with Crippen LogP contribution in [0.4, 0.5) is 5.82 Å². The smallest absolute Gasteiger partial charge is 0.128 e. The first-order valence-electron chi connectivity index (χ1n) is 7.75. The third kappa shape index (κ3) is 4.46. The van der Waals surface area contributed by atoms with Crippen LogP contribution in [0, 0.1) is 0 Å². The second kappa shape index (κ2) is 7.60. The number of nitrogens with one attached hydrogen (secondary N) is 1. The van der Waals surface area contributed by atoms with Crippen molar-refractivity contribution < 1.29 is 4.74 Å². The van der Waals surface area contributed by atoms with Gasteiger partial charge in [0.25, 0.3) is 0 Å². The van der Waals surface area contributed by atoms with Gasteiger partial charge in [0, 0.05) is 32.3 Å². The van der Waals surface area contributed by atoms with Crippen molar-refractivity contribution in [2.75, 3.05) is 24.6 Å². The molecule has 0 radical (unpaired) electrons. The highest BCUT2D eigenvalue weighted by atomic mass is 16.5. The fourth-order valence-corrected chi connectivity index (χ4v) is 2.47. The van der Waals surface area contributed by atoms with Gasteiger partial charge in [-0.25, -0.2) is 4.98 Å². The Morgan fingerprint density at radius 2 is 2.30 bits per heavy atom. The molecule has 1 aromatic rings. The molecular formula is C16H27N3O. The van der Waals surface area contributed by atoms with Crippen LogP contribution in [0.15, 0.2) is 18.2 Å². The van der Waals surface area contributed by atoms with Crippen LogP contribution in [0.5, 0.6) is 0 Å². The Labute approximate surface area is 122 Å². The molecule has 0 amide bonds. The van der Waals surface area contributed by atoms with Crippen molar-refractivity contribution >= 4 is 5.82 Å². The average Bonchev–Trinajstić information content (AvgIpc) is 2.96. The normalized spacial score (nSPS) is 18.7.